The summed E-state index contributed by atoms with van der Waals surface area (Å²) in [6.07, 6.45) is -1.78. The van der Waals surface area contributed by atoms with Crippen molar-refractivity contribution in [2.24, 2.45) is 5.92 Å². The van der Waals surface area contributed by atoms with Crippen LogP contribution in [0.15, 0.2) is 18.5 Å². The van der Waals surface area contributed by atoms with Gasteiger partial charge in [-0.25, -0.2) is 4.79 Å². The highest BCUT2D eigenvalue weighted by Gasteiger charge is 2.57. The fourth-order valence-corrected chi connectivity index (χ4v) is 2.36. The van der Waals surface area contributed by atoms with E-state index in [1.807, 2.05) is 6.92 Å². The van der Waals surface area contributed by atoms with E-state index in [4.69, 9.17) is 0 Å². The zero-order valence-corrected chi connectivity index (χ0v) is 12.2. The highest BCUT2D eigenvalue weighted by Crippen LogP contribution is 2.37. The maximum Gasteiger partial charge on any atom is 0.419 e. The average Bonchev–Trinajstić information content (AvgIpc) is 3.05. The number of aromatic nitrogens is 2. The minimum absolute atomic E-state index is 0.0768. The van der Waals surface area contributed by atoms with Gasteiger partial charge in [-0.1, -0.05) is 6.92 Å². The molecule has 0 radical (unpaired) electrons. The molecule has 0 bridgehead atoms. The SMILES string of the molecule is CC(CNC(=O)N1CCC(O)(C(F)(F)F)C1)Cn1cccn1. The fraction of sp³-hybridized carbons (Fsp3) is 0.692. The van der Waals surface area contributed by atoms with Crippen LogP contribution in [-0.4, -0.2) is 57.2 Å². The summed E-state index contributed by atoms with van der Waals surface area (Å²) in [5, 5.41) is 16.2. The van der Waals surface area contributed by atoms with Gasteiger partial charge in [-0.3, -0.25) is 4.68 Å². The molecule has 22 heavy (non-hydrogen) atoms. The quantitative estimate of drug-likeness (QED) is 0.876. The normalized spacial score (nSPS) is 23.6. The minimum atomic E-state index is -4.73. The van der Waals surface area contributed by atoms with Gasteiger partial charge < -0.3 is 15.3 Å². The van der Waals surface area contributed by atoms with Crippen molar-refractivity contribution in [3.05, 3.63) is 18.5 Å². The highest BCUT2D eigenvalue weighted by atomic mass is 19.4. The molecule has 1 aromatic rings. The molecule has 0 spiro atoms. The minimum Gasteiger partial charge on any atom is -0.379 e. The van der Waals surface area contributed by atoms with E-state index in [0.717, 1.165) is 4.90 Å². The number of halogens is 3. The van der Waals surface area contributed by atoms with Crippen LogP contribution in [0.3, 0.4) is 0 Å². The van der Waals surface area contributed by atoms with Crippen LogP contribution in [0.1, 0.15) is 13.3 Å². The fourth-order valence-electron chi connectivity index (χ4n) is 2.36. The molecule has 2 heterocycles. The lowest BCUT2D eigenvalue weighted by Crippen LogP contribution is -2.49. The number of nitrogens with zero attached hydrogens (tertiary/aromatic N) is 3. The van der Waals surface area contributed by atoms with E-state index < -0.39 is 30.8 Å². The third kappa shape index (κ3) is 3.70. The Morgan fingerprint density at radius 2 is 2.27 bits per heavy atom. The number of urea groups is 1. The molecule has 1 saturated heterocycles. The third-order valence-corrected chi connectivity index (χ3v) is 3.72. The zero-order chi connectivity index (χ0) is 16.4. The number of nitrogens with one attached hydrogen (secondary N) is 1. The molecular weight excluding hydrogens is 301 g/mol. The first-order chi connectivity index (χ1) is 10.2. The molecular formula is C13H19F3N4O2. The molecule has 2 amide bonds. The van der Waals surface area contributed by atoms with Gasteiger partial charge in [0.25, 0.3) is 0 Å². The molecule has 2 rings (SSSR count). The van der Waals surface area contributed by atoms with Crippen LogP contribution in [0.4, 0.5) is 18.0 Å². The molecule has 6 nitrogen and oxygen atoms in total. The second-order valence-electron chi connectivity index (χ2n) is 5.72. The molecule has 2 unspecified atom stereocenters. The van der Waals surface area contributed by atoms with Gasteiger partial charge in [0.2, 0.25) is 0 Å². The predicted molar refractivity (Wildman–Crippen MR) is 72.0 cm³/mol. The standard InChI is InChI=1S/C13H19F3N4O2/c1-10(8-20-5-2-4-18-20)7-17-11(21)19-6-3-12(22,9-19)13(14,15)16/h2,4-5,10,22H,3,6-9H2,1H3,(H,17,21). The highest BCUT2D eigenvalue weighted by molar-refractivity contribution is 5.74. The summed E-state index contributed by atoms with van der Waals surface area (Å²) < 4.78 is 39.8. The van der Waals surface area contributed by atoms with Gasteiger partial charge in [-0.15, -0.1) is 0 Å². The Labute approximate surface area is 125 Å². The van der Waals surface area contributed by atoms with Gasteiger partial charge in [0.05, 0.1) is 6.54 Å². The number of carbonyl (C=O) groups excluding carboxylic acids is 1. The number of amides is 2. The Morgan fingerprint density at radius 1 is 1.55 bits per heavy atom. The Morgan fingerprint density at radius 3 is 2.82 bits per heavy atom. The first-order valence-electron chi connectivity index (χ1n) is 7.00. The van der Waals surface area contributed by atoms with E-state index in [1.54, 1.807) is 23.1 Å². The maximum atomic E-state index is 12.7. The molecule has 124 valence electrons. The van der Waals surface area contributed by atoms with Crippen LogP contribution in [0, 0.1) is 5.92 Å². The summed E-state index contributed by atoms with van der Waals surface area (Å²) in [5.41, 5.74) is -2.80. The lowest BCUT2D eigenvalue weighted by molar-refractivity contribution is -0.253. The number of rotatable bonds is 4. The van der Waals surface area contributed by atoms with Gasteiger partial charge in [-0.05, 0) is 12.0 Å². The summed E-state index contributed by atoms with van der Waals surface area (Å²) in [6.45, 7) is 1.97. The number of aliphatic hydroxyl groups is 1. The van der Waals surface area contributed by atoms with Gasteiger partial charge in [-0.2, -0.15) is 18.3 Å². The number of hydrogen-bond donors (Lipinski definition) is 2. The molecule has 0 aromatic carbocycles. The first-order valence-corrected chi connectivity index (χ1v) is 7.00. The van der Waals surface area contributed by atoms with Gasteiger partial charge in [0, 0.05) is 38.4 Å². The molecule has 1 aromatic heterocycles. The Hall–Kier alpha value is -1.77. The number of hydrogen-bond acceptors (Lipinski definition) is 3. The Balaban J connectivity index is 1.79. The molecule has 2 atom stereocenters. The summed E-state index contributed by atoms with van der Waals surface area (Å²) in [4.78, 5) is 12.9. The topological polar surface area (TPSA) is 70.4 Å². The summed E-state index contributed by atoms with van der Waals surface area (Å²) in [7, 11) is 0. The Bertz CT molecular complexity index is 506. The zero-order valence-electron chi connectivity index (χ0n) is 12.2. The third-order valence-electron chi connectivity index (χ3n) is 3.72. The second kappa shape index (κ2) is 6.15. The van der Waals surface area contributed by atoms with Gasteiger partial charge in [0.15, 0.2) is 5.60 Å². The van der Waals surface area contributed by atoms with Crippen molar-refractivity contribution in [3.63, 3.8) is 0 Å². The lowest BCUT2D eigenvalue weighted by atomic mass is 10.0. The van der Waals surface area contributed by atoms with Crippen LogP contribution < -0.4 is 5.32 Å². The molecule has 1 aliphatic heterocycles. The van der Waals surface area contributed by atoms with Crippen molar-refractivity contribution in [3.8, 4) is 0 Å². The average molecular weight is 320 g/mol. The van der Waals surface area contributed by atoms with Crippen LogP contribution in [-0.2, 0) is 6.54 Å². The second-order valence-corrected chi connectivity index (χ2v) is 5.72. The molecule has 0 aliphatic carbocycles. The Kier molecular flexibility index (Phi) is 4.64. The van der Waals surface area contributed by atoms with Crippen LogP contribution in [0.2, 0.25) is 0 Å². The van der Waals surface area contributed by atoms with Crippen molar-refractivity contribution < 1.29 is 23.1 Å². The number of likely N-dealkylation sites (tertiary alicyclic amines) is 1. The summed E-state index contributed by atoms with van der Waals surface area (Å²) >= 11 is 0. The molecule has 1 aliphatic rings. The molecule has 1 fully saturated rings. The molecule has 2 N–H and O–H groups in total. The monoisotopic (exact) mass is 320 g/mol. The van der Waals surface area contributed by atoms with Crippen LogP contribution >= 0.6 is 0 Å². The molecule has 9 heteroatoms. The van der Waals surface area contributed by atoms with Crippen molar-refractivity contribution in [1.29, 1.82) is 0 Å². The van der Waals surface area contributed by atoms with E-state index in [-0.39, 0.29) is 12.5 Å². The van der Waals surface area contributed by atoms with Crippen LogP contribution in [0.25, 0.3) is 0 Å². The van der Waals surface area contributed by atoms with E-state index in [2.05, 4.69) is 10.4 Å². The van der Waals surface area contributed by atoms with Crippen molar-refractivity contribution in [2.45, 2.75) is 31.7 Å². The maximum absolute atomic E-state index is 12.7. The van der Waals surface area contributed by atoms with E-state index in [0.29, 0.717) is 13.1 Å². The summed E-state index contributed by atoms with van der Waals surface area (Å²) in [6, 6.07) is 1.19. The van der Waals surface area contributed by atoms with Crippen LogP contribution in [0.5, 0.6) is 0 Å². The van der Waals surface area contributed by atoms with E-state index in [1.165, 1.54) is 0 Å². The largest absolute Gasteiger partial charge is 0.419 e. The first kappa shape index (κ1) is 16.6. The van der Waals surface area contributed by atoms with Crippen molar-refractivity contribution in [2.75, 3.05) is 19.6 Å². The summed E-state index contributed by atoms with van der Waals surface area (Å²) in [5.74, 6) is 0.0768. The number of β-amino-alcohol motifs (C(OH)–C–C–N with tert-alkyl or cyclic N) is 1. The number of carbonyl (C=O) groups is 1. The molecule has 0 saturated carbocycles. The van der Waals surface area contributed by atoms with E-state index >= 15 is 0 Å². The number of alkyl halides is 3. The van der Waals surface area contributed by atoms with E-state index in [9.17, 15) is 23.1 Å². The predicted octanol–water partition coefficient (Wildman–Crippen LogP) is 1.23. The lowest BCUT2D eigenvalue weighted by Gasteiger charge is -2.26. The van der Waals surface area contributed by atoms with Crippen molar-refractivity contribution >= 4 is 6.03 Å². The van der Waals surface area contributed by atoms with Gasteiger partial charge >= 0.3 is 12.2 Å². The smallest absolute Gasteiger partial charge is 0.379 e. The van der Waals surface area contributed by atoms with Gasteiger partial charge in [0.1, 0.15) is 0 Å². The van der Waals surface area contributed by atoms with Crippen molar-refractivity contribution in [1.82, 2.24) is 20.0 Å².